The summed E-state index contributed by atoms with van der Waals surface area (Å²) in [5.41, 5.74) is 9.19. The number of aromatic nitrogens is 7. The van der Waals surface area contributed by atoms with Gasteiger partial charge in [0.2, 0.25) is 0 Å². The molecule has 29 heavy (non-hydrogen) atoms. The molecule has 0 spiro atoms. The summed E-state index contributed by atoms with van der Waals surface area (Å²) in [6.45, 7) is 2.30. The average Bonchev–Trinajstić information content (AvgIpc) is 3.33. The first-order valence-corrected chi connectivity index (χ1v) is 8.74. The van der Waals surface area contributed by atoms with Crippen LogP contribution in [0.25, 0.3) is 22.8 Å². The molecule has 9 heteroatoms. The number of terminal acetylenes is 1. The van der Waals surface area contributed by atoms with Gasteiger partial charge in [0.05, 0.1) is 18.9 Å². The van der Waals surface area contributed by atoms with E-state index in [-0.39, 0.29) is 23.0 Å². The Morgan fingerprint density at radius 1 is 1.24 bits per heavy atom. The lowest BCUT2D eigenvalue weighted by molar-refractivity contribution is 0.623. The van der Waals surface area contributed by atoms with Crippen LogP contribution in [0.5, 0.6) is 0 Å². The Balaban J connectivity index is 1.75. The number of nitrogens with two attached hydrogens (primary N) is 1. The van der Waals surface area contributed by atoms with Crippen LogP contribution in [0.4, 0.5) is 10.2 Å². The minimum atomic E-state index is -0.743. The number of hydrogen-bond acceptors (Lipinski definition) is 6. The van der Waals surface area contributed by atoms with Crippen LogP contribution in [0.15, 0.2) is 36.8 Å². The standard InChI is InChI=1S/C20H17FN8/c1-4-14-6-5-7-15(12(14)2)20-24-18(17(21)19(22)25-20)16-11-29(27-26-16)10-13-8-23-28(3)9-13/h1,5-9,11H,10H2,2-3H3,(H2,22,24,25). The van der Waals surface area contributed by atoms with Crippen molar-refractivity contribution in [1.29, 1.82) is 0 Å². The molecule has 4 aromatic rings. The summed E-state index contributed by atoms with van der Waals surface area (Å²) >= 11 is 0. The second-order valence-electron chi connectivity index (χ2n) is 6.54. The molecule has 0 saturated heterocycles. The fourth-order valence-corrected chi connectivity index (χ4v) is 3.01. The number of rotatable bonds is 4. The molecule has 0 amide bonds. The van der Waals surface area contributed by atoms with Gasteiger partial charge in [-0.1, -0.05) is 23.3 Å². The average molecular weight is 388 g/mol. The van der Waals surface area contributed by atoms with Crippen molar-refractivity contribution in [2.75, 3.05) is 5.73 Å². The molecule has 0 saturated carbocycles. The van der Waals surface area contributed by atoms with E-state index < -0.39 is 5.82 Å². The molecular weight excluding hydrogens is 371 g/mol. The van der Waals surface area contributed by atoms with Gasteiger partial charge in [0.15, 0.2) is 17.5 Å². The Labute approximate surface area is 166 Å². The highest BCUT2D eigenvalue weighted by molar-refractivity contribution is 5.69. The van der Waals surface area contributed by atoms with Gasteiger partial charge in [-0.05, 0) is 18.6 Å². The van der Waals surface area contributed by atoms with Crippen molar-refractivity contribution >= 4 is 5.82 Å². The zero-order chi connectivity index (χ0) is 20.5. The summed E-state index contributed by atoms with van der Waals surface area (Å²) in [6, 6.07) is 5.42. The normalized spacial score (nSPS) is 10.8. The number of nitrogen functional groups attached to an aromatic ring is 1. The highest BCUT2D eigenvalue weighted by Crippen LogP contribution is 2.28. The molecule has 4 rings (SSSR count). The number of benzene rings is 1. The second kappa shape index (κ2) is 7.16. The molecule has 0 bridgehead atoms. The van der Waals surface area contributed by atoms with Crippen LogP contribution in [-0.2, 0) is 13.6 Å². The van der Waals surface area contributed by atoms with Gasteiger partial charge in [0, 0.05) is 29.9 Å². The lowest BCUT2D eigenvalue weighted by Crippen LogP contribution is -2.04. The fraction of sp³-hybridized carbons (Fsp3) is 0.150. The minimum absolute atomic E-state index is 0.0181. The fourth-order valence-electron chi connectivity index (χ4n) is 3.01. The molecule has 0 atom stereocenters. The lowest BCUT2D eigenvalue weighted by atomic mass is 10.0. The Bertz CT molecular complexity index is 1250. The monoisotopic (exact) mass is 388 g/mol. The minimum Gasteiger partial charge on any atom is -0.381 e. The number of hydrogen-bond donors (Lipinski definition) is 1. The maximum Gasteiger partial charge on any atom is 0.193 e. The summed E-state index contributed by atoms with van der Waals surface area (Å²) in [5.74, 6) is 1.88. The van der Waals surface area contributed by atoms with Gasteiger partial charge in [-0.3, -0.25) is 4.68 Å². The molecule has 2 N–H and O–H groups in total. The first-order chi connectivity index (χ1) is 14.0. The topological polar surface area (TPSA) is 100 Å². The summed E-state index contributed by atoms with van der Waals surface area (Å²) in [5, 5.41) is 12.2. The molecule has 0 aliphatic carbocycles. The zero-order valence-corrected chi connectivity index (χ0v) is 15.8. The van der Waals surface area contributed by atoms with Gasteiger partial charge in [0.1, 0.15) is 11.4 Å². The third-order valence-corrected chi connectivity index (χ3v) is 4.49. The number of anilines is 1. The van der Waals surface area contributed by atoms with Crippen molar-refractivity contribution in [3.63, 3.8) is 0 Å². The Hall–Kier alpha value is -4.06. The van der Waals surface area contributed by atoms with Crippen molar-refractivity contribution in [3.8, 4) is 35.1 Å². The van der Waals surface area contributed by atoms with E-state index in [2.05, 4.69) is 31.3 Å². The molecule has 3 aromatic heterocycles. The molecule has 0 aliphatic rings. The van der Waals surface area contributed by atoms with Crippen LogP contribution in [0.3, 0.4) is 0 Å². The Morgan fingerprint density at radius 3 is 2.79 bits per heavy atom. The van der Waals surface area contributed by atoms with Crippen LogP contribution in [0.1, 0.15) is 16.7 Å². The van der Waals surface area contributed by atoms with Gasteiger partial charge in [-0.25, -0.2) is 19.0 Å². The van der Waals surface area contributed by atoms with E-state index in [9.17, 15) is 4.39 Å². The quantitative estimate of drug-likeness (QED) is 0.538. The predicted molar refractivity (Wildman–Crippen MR) is 106 cm³/mol. The number of nitrogens with zero attached hydrogens (tertiary/aromatic N) is 7. The molecule has 1 aromatic carbocycles. The highest BCUT2D eigenvalue weighted by Gasteiger charge is 2.19. The SMILES string of the molecule is C#Cc1cccc(-c2nc(N)c(F)c(-c3cn(Cc4cnn(C)c4)nn3)n2)c1C. The van der Waals surface area contributed by atoms with E-state index in [1.54, 1.807) is 27.8 Å². The van der Waals surface area contributed by atoms with E-state index in [0.29, 0.717) is 17.7 Å². The Kier molecular flexibility index (Phi) is 4.52. The maximum absolute atomic E-state index is 14.7. The first kappa shape index (κ1) is 18.3. The van der Waals surface area contributed by atoms with Gasteiger partial charge in [-0.2, -0.15) is 5.10 Å². The maximum atomic E-state index is 14.7. The van der Waals surface area contributed by atoms with Gasteiger partial charge in [-0.15, -0.1) is 11.5 Å². The second-order valence-corrected chi connectivity index (χ2v) is 6.54. The van der Waals surface area contributed by atoms with Crippen molar-refractivity contribution in [2.24, 2.45) is 7.05 Å². The smallest absolute Gasteiger partial charge is 0.193 e. The van der Waals surface area contributed by atoms with Crippen molar-refractivity contribution in [3.05, 3.63) is 59.3 Å². The predicted octanol–water partition coefficient (Wildman–Crippen LogP) is 2.19. The third kappa shape index (κ3) is 3.43. The van der Waals surface area contributed by atoms with Crippen LogP contribution in [-0.4, -0.2) is 34.7 Å². The molecule has 0 unspecified atom stereocenters. The van der Waals surface area contributed by atoms with E-state index in [0.717, 1.165) is 11.1 Å². The van der Waals surface area contributed by atoms with E-state index in [1.807, 2.05) is 32.3 Å². The first-order valence-electron chi connectivity index (χ1n) is 8.74. The largest absolute Gasteiger partial charge is 0.381 e. The third-order valence-electron chi connectivity index (χ3n) is 4.49. The molecule has 144 valence electrons. The zero-order valence-electron chi connectivity index (χ0n) is 15.8. The van der Waals surface area contributed by atoms with Crippen molar-refractivity contribution in [1.82, 2.24) is 34.7 Å². The van der Waals surface area contributed by atoms with Gasteiger partial charge >= 0.3 is 0 Å². The van der Waals surface area contributed by atoms with Gasteiger partial charge in [0.25, 0.3) is 0 Å². The summed E-state index contributed by atoms with van der Waals surface area (Å²) in [6.07, 6.45) is 10.7. The molecule has 0 fully saturated rings. The molecule has 0 radical (unpaired) electrons. The highest BCUT2D eigenvalue weighted by atomic mass is 19.1. The van der Waals surface area contributed by atoms with Crippen molar-refractivity contribution < 1.29 is 4.39 Å². The molecular formula is C20H17FN8. The van der Waals surface area contributed by atoms with Gasteiger partial charge < -0.3 is 5.73 Å². The van der Waals surface area contributed by atoms with Crippen LogP contribution in [0, 0.1) is 25.1 Å². The van der Waals surface area contributed by atoms with E-state index >= 15 is 0 Å². The van der Waals surface area contributed by atoms with Crippen LogP contribution < -0.4 is 5.73 Å². The Morgan fingerprint density at radius 2 is 2.07 bits per heavy atom. The number of aryl methyl sites for hydroxylation is 1. The molecule has 3 heterocycles. The summed E-state index contributed by atoms with van der Waals surface area (Å²) in [4.78, 5) is 8.47. The molecule has 0 aliphatic heterocycles. The van der Waals surface area contributed by atoms with Crippen LogP contribution >= 0.6 is 0 Å². The number of halogens is 1. The summed E-state index contributed by atoms with van der Waals surface area (Å²) in [7, 11) is 1.83. The van der Waals surface area contributed by atoms with Crippen LogP contribution in [0.2, 0.25) is 0 Å². The lowest BCUT2D eigenvalue weighted by Gasteiger charge is -2.09. The van der Waals surface area contributed by atoms with E-state index in [4.69, 9.17) is 12.2 Å². The summed E-state index contributed by atoms with van der Waals surface area (Å²) < 4.78 is 18.0. The van der Waals surface area contributed by atoms with Crippen molar-refractivity contribution in [2.45, 2.75) is 13.5 Å². The molecule has 8 nitrogen and oxygen atoms in total. The van der Waals surface area contributed by atoms with E-state index in [1.165, 1.54) is 0 Å².